The average Bonchev–Trinajstić information content (AvgIpc) is 2.15. The van der Waals surface area contributed by atoms with Gasteiger partial charge in [-0.2, -0.15) is 13.2 Å². The van der Waals surface area contributed by atoms with Crippen LogP contribution in [0.2, 0.25) is 0 Å². The third-order valence-corrected chi connectivity index (χ3v) is 2.41. The fourth-order valence-electron chi connectivity index (χ4n) is 1.64. The Morgan fingerprint density at radius 3 is 2.64 bits per heavy atom. The Labute approximate surface area is 79.6 Å². The van der Waals surface area contributed by atoms with Crippen LogP contribution in [0.1, 0.15) is 6.42 Å². The summed E-state index contributed by atoms with van der Waals surface area (Å²) in [6, 6.07) is 0. The van der Waals surface area contributed by atoms with Gasteiger partial charge in [0.25, 0.3) is 0 Å². The number of hydrogen-bond acceptors (Lipinski definition) is 3. The number of piperidine rings is 1. The van der Waals surface area contributed by atoms with Crippen LogP contribution >= 0.6 is 0 Å². The molecule has 1 aliphatic rings. The highest BCUT2D eigenvalue weighted by Crippen LogP contribution is 2.35. The van der Waals surface area contributed by atoms with Gasteiger partial charge in [-0.25, -0.2) is 0 Å². The monoisotopic (exact) mass is 211 g/mol. The molecule has 6 heteroatoms. The van der Waals surface area contributed by atoms with Crippen LogP contribution in [0.15, 0.2) is 0 Å². The predicted molar refractivity (Wildman–Crippen MR) is 42.5 cm³/mol. The molecule has 0 aromatic rings. The number of methoxy groups -OCH3 is 1. The summed E-state index contributed by atoms with van der Waals surface area (Å²) in [5.41, 5.74) is 0. The number of nitrogens with one attached hydrogen (secondary N) is 1. The normalized spacial score (nSPS) is 28.6. The zero-order valence-corrected chi connectivity index (χ0v) is 7.73. The molecule has 1 heterocycles. The Hall–Kier alpha value is -0.780. The largest absolute Gasteiger partial charge is 0.469 e. The van der Waals surface area contributed by atoms with Gasteiger partial charge in [0.15, 0.2) is 0 Å². The van der Waals surface area contributed by atoms with Crippen LogP contribution in [0, 0.1) is 11.8 Å². The summed E-state index contributed by atoms with van der Waals surface area (Å²) in [4.78, 5) is 11.1. The second-order valence-corrected chi connectivity index (χ2v) is 3.27. The summed E-state index contributed by atoms with van der Waals surface area (Å²) >= 11 is 0. The standard InChI is InChI=1S/C8H12F3NO2/c1-14-7(13)5-2-3-12-4-6(5)8(9,10)11/h5-6,12H,2-4H2,1H3/t5-,6+/m0/s1. The lowest BCUT2D eigenvalue weighted by Gasteiger charge is -2.31. The van der Waals surface area contributed by atoms with Crippen molar-refractivity contribution >= 4 is 5.97 Å². The van der Waals surface area contributed by atoms with Crippen molar-refractivity contribution in [1.82, 2.24) is 5.32 Å². The van der Waals surface area contributed by atoms with E-state index in [-0.39, 0.29) is 13.0 Å². The van der Waals surface area contributed by atoms with Gasteiger partial charge in [-0.15, -0.1) is 0 Å². The lowest BCUT2D eigenvalue weighted by molar-refractivity contribution is -0.200. The van der Waals surface area contributed by atoms with E-state index in [0.29, 0.717) is 6.54 Å². The molecule has 0 aliphatic carbocycles. The van der Waals surface area contributed by atoms with E-state index in [2.05, 4.69) is 10.1 Å². The molecule has 1 saturated heterocycles. The maximum atomic E-state index is 12.4. The fraction of sp³-hybridized carbons (Fsp3) is 0.875. The molecule has 1 rings (SSSR count). The van der Waals surface area contributed by atoms with E-state index in [9.17, 15) is 18.0 Å². The van der Waals surface area contributed by atoms with Gasteiger partial charge in [-0.05, 0) is 13.0 Å². The minimum absolute atomic E-state index is 0.177. The highest BCUT2D eigenvalue weighted by Gasteiger charge is 2.48. The summed E-state index contributed by atoms with van der Waals surface area (Å²) < 4.78 is 41.7. The maximum absolute atomic E-state index is 12.4. The molecular weight excluding hydrogens is 199 g/mol. The topological polar surface area (TPSA) is 38.3 Å². The van der Waals surface area contributed by atoms with Gasteiger partial charge >= 0.3 is 12.1 Å². The SMILES string of the molecule is COC(=O)[C@H]1CCNC[C@H]1C(F)(F)F. The van der Waals surface area contributed by atoms with E-state index in [1.807, 2.05) is 0 Å². The number of rotatable bonds is 1. The molecule has 0 bridgehead atoms. The Morgan fingerprint density at radius 2 is 2.14 bits per heavy atom. The summed E-state index contributed by atoms with van der Waals surface area (Å²) in [6.45, 7) is 0.218. The van der Waals surface area contributed by atoms with Crippen LogP contribution in [0.3, 0.4) is 0 Å². The van der Waals surface area contributed by atoms with Crippen molar-refractivity contribution in [2.24, 2.45) is 11.8 Å². The first kappa shape index (κ1) is 11.3. The molecular formula is C8H12F3NO2. The van der Waals surface area contributed by atoms with Crippen molar-refractivity contribution in [1.29, 1.82) is 0 Å². The van der Waals surface area contributed by atoms with Gasteiger partial charge in [0.05, 0.1) is 18.9 Å². The summed E-state index contributed by atoms with van der Waals surface area (Å²) in [5, 5.41) is 2.62. The number of alkyl halides is 3. The molecule has 0 amide bonds. The first-order valence-electron chi connectivity index (χ1n) is 4.32. The maximum Gasteiger partial charge on any atom is 0.393 e. The van der Waals surface area contributed by atoms with Crippen molar-refractivity contribution in [3.8, 4) is 0 Å². The van der Waals surface area contributed by atoms with Crippen molar-refractivity contribution in [3.63, 3.8) is 0 Å². The third-order valence-electron chi connectivity index (χ3n) is 2.41. The second-order valence-electron chi connectivity index (χ2n) is 3.27. The predicted octanol–water partition coefficient (Wildman–Crippen LogP) is 0.947. The Bertz CT molecular complexity index is 217. The van der Waals surface area contributed by atoms with Gasteiger partial charge in [0, 0.05) is 6.54 Å². The first-order chi connectivity index (χ1) is 6.46. The smallest absolute Gasteiger partial charge is 0.393 e. The highest BCUT2D eigenvalue weighted by molar-refractivity contribution is 5.72. The fourth-order valence-corrected chi connectivity index (χ4v) is 1.64. The number of ether oxygens (including phenoxy) is 1. The van der Waals surface area contributed by atoms with Crippen molar-refractivity contribution in [3.05, 3.63) is 0 Å². The molecule has 0 aromatic carbocycles. The molecule has 1 aliphatic heterocycles. The number of halogens is 3. The summed E-state index contributed by atoms with van der Waals surface area (Å²) in [7, 11) is 1.11. The Kier molecular flexibility index (Phi) is 3.36. The van der Waals surface area contributed by atoms with Crippen LogP contribution in [0.5, 0.6) is 0 Å². The molecule has 0 unspecified atom stereocenters. The van der Waals surface area contributed by atoms with Gasteiger partial charge in [0.1, 0.15) is 0 Å². The van der Waals surface area contributed by atoms with Crippen LogP contribution in [0.25, 0.3) is 0 Å². The lowest BCUT2D eigenvalue weighted by Crippen LogP contribution is -2.47. The van der Waals surface area contributed by atoms with Crippen LogP contribution in [-0.4, -0.2) is 32.3 Å². The van der Waals surface area contributed by atoms with E-state index in [1.54, 1.807) is 0 Å². The zero-order chi connectivity index (χ0) is 10.8. The van der Waals surface area contributed by atoms with Crippen molar-refractivity contribution in [2.45, 2.75) is 12.6 Å². The quantitative estimate of drug-likeness (QED) is 0.656. The second kappa shape index (κ2) is 4.16. The molecule has 3 nitrogen and oxygen atoms in total. The van der Waals surface area contributed by atoms with Crippen LogP contribution in [0.4, 0.5) is 13.2 Å². The Balaban J connectivity index is 2.74. The Morgan fingerprint density at radius 1 is 1.50 bits per heavy atom. The molecule has 82 valence electrons. The molecule has 0 aromatic heterocycles. The molecule has 0 radical (unpaired) electrons. The number of esters is 1. The zero-order valence-electron chi connectivity index (χ0n) is 7.73. The summed E-state index contributed by atoms with van der Waals surface area (Å²) in [6.07, 6.45) is -4.16. The molecule has 0 spiro atoms. The average molecular weight is 211 g/mol. The first-order valence-corrected chi connectivity index (χ1v) is 4.32. The van der Waals surface area contributed by atoms with Gasteiger partial charge in [-0.3, -0.25) is 4.79 Å². The van der Waals surface area contributed by atoms with Crippen LogP contribution < -0.4 is 5.32 Å². The van der Waals surface area contributed by atoms with E-state index in [1.165, 1.54) is 0 Å². The lowest BCUT2D eigenvalue weighted by atomic mass is 9.86. The number of carbonyl (C=O) groups excluding carboxylic acids is 1. The van der Waals surface area contributed by atoms with Crippen molar-refractivity contribution < 1.29 is 22.7 Å². The molecule has 0 saturated carbocycles. The van der Waals surface area contributed by atoms with Gasteiger partial charge < -0.3 is 10.1 Å². The van der Waals surface area contributed by atoms with E-state index >= 15 is 0 Å². The molecule has 14 heavy (non-hydrogen) atoms. The number of carbonyl (C=O) groups is 1. The summed E-state index contributed by atoms with van der Waals surface area (Å²) in [5.74, 6) is -3.45. The number of hydrogen-bond donors (Lipinski definition) is 1. The third kappa shape index (κ3) is 2.37. The molecule has 1 fully saturated rings. The molecule has 2 atom stereocenters. The highest BCUT2D eigenvalue weighted by atomic mass is 19.4. The minimum atomic E-state index is -4.34. The van der Waals surface area contributed by atoms with Crippen molar-refractivity contribution in [2.75, 3.05) is 20.2 Å². The molecule has 1 N–H and O–H groups in total. The van der Waals surface area contributed by atoms with Gasteiger partial charge in [-0.1, -0.05) is 0 Å². The minimum Gasteiger partial charge on any atom is -0.469 e. The van der Waals surface area contributed by atoms with Gasteiger partial charge in [0.2, 0.25) is 0 Å². The van der Waals surface area contributed by atoms with E-state index in [0.717, 1.165) is 7.11 Å². The van der Waals surface area contributed by atoms with Crippen LogP contribution in [-0.2, 0) is 9.53 Å². The van der Waals surface area contributed by atoms with E-state index in [4.69, 9.17) is 0 Å². The van der Waals surface area contributed by atoms with E-state index < -0.39 is 24.0 Å².